The molecule has 4 aromatic rings. The number of nitrogens with two attached hydrogens (primary N) is 2. The summed E-state index contributed by atoms with van der Waals surface area (Å²) < 4.78 is 28.6. The van der Waals surface area contributed by atoms with Gasteiger partial charge in [-0.25, -0.2) is 23.7 Å². The summed E-state index contributed by atoms with van der Waals surface area (Å²) >= 11 is 6.22. The molecule has 194 valence electrons. The van der Waals surface area contributed by atoms with E-state index in [0.717, 1.165) is 28.1 Å². The van der Waals surface area contributed by atoms with Crippen LogP contribution in [0.5, 0.6) is 0 Å². The zero-order valence-electron chi connectivity index (χ0n) is 20.2. The minimum Gasteiger partial charge on any atom is -0.385 e. The fraction of sp³-hybridized carbons (Fsp3) is 0.360. The Kier molecular flexibility index (Phi) is 6.69. The standard InChI is InChI=1S/C25H27ClF2N8O/c1-14-7-15(3-4-17(14)26)18-8-16(10-36-13-34-20-23(29)32-12-33-24(20)36)19(9-31-18)35-6-2-5-25(30,11-35)21(37)22(27)28/h3-4,7-9,12-13,21-22,37H,2,5-6,10-11,30H2,1H3,(H2,29,32,33)/t21-,25+/m0/s1. The van der Waals surface area contributed by atoms with Crippen LogP contribution >= 0.6 is 11.6 Å². The second kappa shape index (κ2) is 9.81. The summed E-state index contributed by atoms with van der Waals surface area (Å²) in [7, 11) is 0. The fourth-order valence-electron chi connectivity index (χ4n) is 4.87. The maximum Gasteiger partial charge on any atom is 0.265 e. The quantitative estimate of drug-likeness (QED) is 0.347. The van der Waals surface area contributed by atoms with Gasteiger partial charge in [0, 0.05) is 23.7 Å². The third kappa shape index (κ3) is 4.81. The van der Waals surface area contributed by atoms with Gasteiger partial charge in [-0.1, -0.05) is 17.7 Å². The van der Waals surface area contributed by atoms with Crippen LogP contribution in [0.25, 0.3) is 22.4 Å². The number of benzene rings is 1. The first kappa shape index (κ1) is 25.2. The van der Waals surface area contributed by atoms with Crippen LogP contribution in [-0.4, -0.2) is 60.8 Å². The number of piperidine rings is 1. The first-order chi connectivity index (χ1) is 17.7. The number of hydrogen-bond acceptors (Lipinski definition) is 8. The highest BCUT2D eigenvalue weighted by molar-refractivity contribution is 6.31. The third-order valence-corrected chi connectivity index (χ3v) is 7.34. The van der Waals surface area contributed by atoms with Gasteiger partial charge in [-0.2, -0.15) is 0 Å². The highest BCUT2D eigenvalue weighted by Crippen LogP contribution is 2.33. The van der Waals surface area contributed by atoms with E-state index in [0.29, 0.717) is 42.1 Å². The number of aliphatic hydroxyl groups is 1. The Balaban J connectivity index is 1.58. The number of alkyl halides is 2. The van der Waals surface area contributed by atoms with Crippen molar-refractivity contribution in [1.82, 2.24) is 24.5 Å². The van der Waals surface area contributed by atoms with E-state index >= 15 is 0 Å². The average molecular weight is 529 g/mol. The third-order valence-electron chi connectivity index (χ3n) is 6.91. The number of pyridine rings is 1. The van der Waals surface area contributed by atoms with E-state index in [1.807, 2.05) is 40.7 Å². The van der Waals surface area contributed by atoms with Crippen LogP contribution in [0.15, 0.2) is 43.1 Å². The molecule has 0 spiro atoms. The number of anilines is 2. The molecule has 1 aromatic carbocycles. The second-order valence-corrected chi connectivity index (χ2v) is 9.91. The number of nitrogen functional groups attached to an aromatic ring is 1. The van der Waals surface area contributed by atoms with Crippen molar-refractivity contribution in [3.05, 3.63) is 59.3 Å². The SMILES string of the molecule is Cc1cc(-c2cc(Cn3cnc4c(N)ncnc43)c(N3CCC[C@](N)([C@@H](O)C(F)F)C3)cn2)ccc1Cl. The number of aromatic nitrogens is 5. The topological polar surface area (TPSA) is 132 Å². The van der Waals surface area contributed by atoms with Crippen molar-refractivity contribution in [1.29, 1.82) is 0 Å². The zero-order valence-corrected chi connectivity index (χ0v) is 20.9. The Morgan fingerprint density at radius 2 is 2.00 bits per heavy atom. The van der Waals surface area contributed by atoms with E-state index in [1.54, 1.807) is 12.5 Å². The van der Waals surface area contributed by atoms with Gasteiger partial charge in [0.15, 0.2) is 11.5 Å². The van der Waals surface area contributed by atoms with Gasteiger partial charge >= 0.3 is 0 Å². The number of hydrogen-bond donors (Lipinski definition) is 3. The monoisotopic (exact) mass is 528 g/mol. The van der Waals surface area contributed by atoms with Crippen LogP contribution in [-0.2, 0) is 6.54 Å². The molecule has 1 saturated heterocycles. The molecule has 1 aliphatic rings. The van der Waals surface area contributed by atoms with Crippen LogP contribution in [0.3, 0.4) is 0 Å². The molecule has 3 aromatic heterocycles. The Hall–Kier alpha value is -3.41. The largest absolute Gasteiger partial charge is 0.385 e. The maximum atomic E-state index is 13.4. The summed E-state index contributed by atoms with van der Waals surface area (Å²) in [6.07, 6.45) is 0.719. The summed E-state index contributed by atoms with van der Waals surface area (Å²) in [5.74, 6) is 0.279. The van der Waals surface area contributed by atoms with Crippen LogP contribution in [0, 0.1) is 6.92 Å². The average Bonchev–Trinajstić information content (AvgIpc) is 3.29. The summed E-state index contributed by atoms with van der Waals surface area (Å²) in [5, 5.41) is 10.8. The molecule has 9 nitrogen and oxygen atoms in total. The van der Waals surface area contributed by atoms with E-state index in [4.69, 9.17) is 23.1 Å². The van der Waals surface area contributed by atoms with Crippen LogP contribution in [0.2, 0.25) is 5.02 Å². The summed E-state index contributed by atoms with van der Waals surface area (Å²) in [6, 6.07) is 7.63. The molecule has 2 atom stereocenters. The summed E-state index contributed by atoms with van der Waals surface area (Å²) in [4.78, 5) is 19.3. The second-order valence-electron chi connectivity index (χ2n) is 9.50. The lowest BCUT2D eigenvalue weighted by molar-refractivity contribution is -0.0529. The van der Waals surface area contributed by atoms with Gasteiger partial charge in [-0.15, -0.1) is 0 Å². The van der Waals surface area contributed by atoms with E-state index in [1.165, 1.54) is 6.33 Å². The Labute approximate surface area is 217 Å². The van der Waals surface area contributed by atoms with Gasteiger partial charge in [-0.3, -0.25) is 4.98 Å². The molecule has 1 aliphatic heterocycles. The Bertz CT molecular complexity index is 1450. The fourth-order valence-corrected chi connectivity index (χ4v) is 4.99. The van der Waals surface area contributed by atoms with Gasteiger partial charge < -0.3 is 26.0 Å². The van der Waals surface area contributed by atoms with Crippen molar-refractivity contribution in [3.63, 3.8) is 0 Å². The molecule has 0 amide bonds. The van der Waals surface area contributed by atoms with E-state index in [2.05, 4.69) is 19.9 Å². The number of nitrogens with zero attached hydrogens (tertiary/aromatic N) is 6. The molecule has 0 aliphatic carbocycles. The van der Waals surface area contributed by atoms with Gasteiger partial charge in [0.1, 0.15) is 17.9 Å². The number of aryl methyl sites for hydroxylation is 1. The molecule has 37 heavy (non-hydrogen) atoms. The first-order valence-electron chi connectivity index (χ1n) is 11.8. The number of fused-ring (bicyclic) bond motifs is 1. The molecular weight excluding hydrogens is 502 g/mol. The number of rotatable bonds is 6. The van der Waals surface area contributed by atoms with Gasteiger partial charge in [-0.05, 0) is 49.1 Å². The molecule has 4 heterocycles. The van der Waals surface area contributed by atoms with Crippen molar-refractivity contribution < 1.29 is 13.9 Å². The normalized spacial score (nSPS) is 19.1. The molecule has 0 radical (unpaired) electrons. The molecule has 12 heteroatoms. The van der Waals surface area contributed by atoms with Gasteiger partial charge in [0.2, 0.25) is 0 Å². The molecule has 5 rings (SSSR count). The molecule has 0 unspecified atom stereocenters. The number of imidazole rings is 1. The number of halogens is 3. The highest BCUT2D eigenvalue weighted by Gasteiger charge is 2.43. The van der Waals surface area contributed by atoms with Crippen LogP contribution in [0.4, 0.5) is 20.3 Å². The minimum absolute atomic E-state index is 0.0619. The van der Waals surface area contributed by atoms with E-state index in [9.17, 15) is 13.9 Å². The molecule has 0 saturated carbocycles. The lowest BCUT2D eigenvalue weighted by Crippen LogP contribution is -2.63. The molecular formula is C25H27ClF2N8O. The Morgan fingerprint density at radius 1 is 1.19 bits per heavy atom. The van der Waals surface area contributed by atoms with Gasteiger partial charge in [0.25, 0.3) is 6.43 Å². The van der Waals surface area contributed by atoms with Crippen molar-refractivity contribution in [2.45, 2.75) is 44.4 Å². The highest BCUT2D eigenvalue weighted by atomic mass is 35.5. The van der Waals surface area contributed by atoms with Crippen molar-refractivity contribution in [2.75, 3.05) is 23.7 Å². The molecule has 5 N–H and O–H groups in total. The smallest absolute Gasteiger partial charge is 0.265 e. The van der Waals surface area contributed by atoms with Crippen LogP contribution in [0.1, 0.15) is 24.0 Å². The first-order valence-corrected chi connectivity index (χ1v) is 12.2. The van der Waals surface area contributed by atoms with E-state index < -0.39 is 18.1 Å². The van der Waals surface area contributed by atoms with Gasteiger partial charge in [0.05, 0.1) is 36.0 Å². The molecule has 0 bridgehead atoms. The lowest BCUT2D eigenvalue weighted by atomic mass is 9.84. The lowest BCUT2D eigenvalue weighted by Gasteiger charge is -2.44. The van der Waals surface area contributed by atoms with Crippen molar-refractivity contribution in [2.24, 2.45) is 5.73 Å². The van der Waals surface area contributed by atoms with Crippen LogP contribution < -0.4 is 16.4 Å². The summed E-state index contributed by atoms with van der Waals surface area (Å²) in [5.41, 5.74) is 16.0. The Morgan fingerprint density at radius 3 is 2.76 bits per heavy atom. The molecule has 1 fully saturated rings. The predicted molar refractivity (Wildman–Crippen MR) is 139 cm³/mol. The maximum absolute atomic E-state index is 13.4. The number of aliphatic hydroxyl groups excluding tert-OH is 1. The predicted octanol–water partition coefficient (Wildman–Crippen LogP) is 3.40. The summed E-state index contributed by atoms with van der Waals surface area (Å²) in [6.45, 7) is 2.93. The van der Waals surface area contributed by atoms with Crippen molar-refractivity contribution >= 4 is 34.3 Å². The van der Waals surface area contributed by atoms with Crippen molar-refractivity contribution in [3.8, 4) is 11.3 Å². The van der Waals surface area contributed by atoms with E-state index in [-0.39, 0.29) is 12.4 Å². The minimum atomic E-state index is -2.93. The zero-order chi connectivity index (χ0) is 26.3.